The van der Waals surface area contributed by atoms with Gasteiger partial charge < -0.3 is 0 Å². The molecule has 2 heterocycles. The van der Waals surface area contributed by atoms with E-state index < -0.39 is 0 Å². The molecule has 66 valence electrons. The van der Waals surface area contributed by atoms with E-state index in [0.717, 1.165) is 11.4 Å². The molecule has 0 spiro atoms. The summed E-state index contributed by atoms with van der Waals surface area (Å²) >= 11 is 0. The van der Waals surface area contributed by atoms with E-state index in [-0.39, 0.29) is 19.5 Å². The molecule has 0 atom stereocenters. The molecule has 0 aromatic carbocycles. The first-order valence-corrected chi connectivity index (χ1v) is 3.72. The largest absolute Gasteiger partial charge is 0.285 e. The molecule has 2 N–H and O–H groups in total. The summed E-state index contributed by atoms with van der Waals surface area (Å²) in [6, 6.07) is 3.83. The Hall–Kier alpha value is -0.957. The molecule has 2 rings (SSSR count). The minimum Gasteiger partial charge on any atom is -0.285 e. The third-order valence-corrected chi connectivity index (χ3v) is 1.28. The average molecular weight is 230 g/mol. The molecule has 5 heteroatoms. The van der Waals surface area contributed by atoms with E-state index in [1.807, 2.05) is 26.0 Å². The molecule has 0 saturated heterocycles. The zero-order valence-corrected chi connectivity index (χ0v) is 10.9. The standard InChI is InChI=1S/2C4H6N2.Zn/c2*1-4-2-3-5-6-4;/h2*2-3H,1H3,(H,5,6);. The van der Waals surface area contributed by atoms with Crippen LogP contribution in [-0.4, -0.2) is 20.4 Å². The molecule has 13 heavy (non-hydrogen) atoms. The van der Waals surface area contributed by atoms with Crippen molar-refractivity contribution in [2.75, 3.05) is 0 Å². The Morgan fingerprint density at radius 1 is 0.923 bits per heavy atom. The van der Waals surface area contributed by atoms with E-state index in [1.54, 1.807) is 12.4 Å². The Labute approximate surface area is 89.9 Å². The number of nitrogens with zero attached hydrogens (tertiary/aromatic N) is 2. The van der Waals surface area contributed by atoms with E-state index in [4.69, 9.17) is 0 Å². The van der Waals surface area contributed by atoms with E-state index in [0.29, 0.717) is 0 Å². The zero-order chi connectivity index (χ0) is 8.81. The fraction of sp³-hybridized carbons (Fsp3) is 0.250. The van der Waals surface area contributed by atoms with Crippen LogP contribution in [0.5, 0.6) is 0 Å². The second kappa shape index (κ2) is 6.55. The van der Waals surface area contributed by atoms with Crippen molar-refractivity contribution in [3.63, 3.8) is 0 Å². The number of hydrogen-bond donors (Lipinski definition) is 2. The quantitative estimate of drug-likeness (QED) is 0.672. The smallest absolute Gasteiger partial charge is 0.0591 e. The Bertz CT molecular complexity index is 256. The van der Waals surface area contributed by atoms with Gasteiger partial charge in [-0.1, -0.05) is 0 Å². The van der Waals surface area contributed by atoms with Crippen LogP contribution in [0.4, 0.5) is 0 Å². The average Bonchev–Trinajstić information content (AvgIpc) is 2.63. The van der Waals surface area contributed by atoms with Gasteiger partial charge in [0.05, 0.1) is 11.4 Å². The number of aromatic nitrogens is 4. The van der Waals surface area contributed by atoms with Gasteiger partial charge in [-0.05, 0) is 26.0 Å². The summed E-state index contributed by atoms with van der Waals surface area (Å²) in [4.78, 5) is 0. The second-order valence-electron chi connectivity index (χ2n) is 2.43. The van der Waals surface area contributed by atoms with Crippen molar-refractivity contribution in [2.45, 2.75) is 13.8 Å². The molecule has 0 unspecified atom stereocenters. The minimum atomic E-state index is 0. The van der Waals surface area contributed by atoms with Gasteiger partial charge in [0.15, 0.2) is 0 Å². The summed E-state index contributed by atoms with van der Waals surface area (Å²) in [5.74, 6) is 0. The minimum absolute atomic E-state index is 0. The summed E-state index contributed by atoms with van der Waals surface area (Å²) in [5, 5.41) is 12.9. The summed E-state index contributed by atoms with van der Waals surface area (Å²) in [6.45, 7) is 3.88. The molecule has 0 aliphatic heterocycles. The van der Waals surface area contributed by atoms with Crippen molar-refractivity contribution < 1.29 is 19.5 Å². The van der Waals surface area contributed by atoms with Crippen LogP contribution in [0.25, 0.3) is 0 Å². The van der Waals surface area contributed by atoms with Gasteiger partial charge in [-0.15, -0.1) is 0 Å². The summed E-state index contributed by atoms with van der Waals surface area (Å²) in [7, 11) is 0. The first kappa shape index (κ1) is 12.0. The van der Waals surface area contributed by atoms with Crippen molar-refractivity contribution >= 4 is 0 Å². The maximum atomic E-state index is 3.79. The molecule has 2 aromatic rings. The zero-order valence-electron chi connectivity index (χ0n) is 7.91. The number of nitrogens with one attached hydrogen (secondary N) is 2. The van der Waals surface area contributed by atoms with Gasteiger partial charge in [-0.2, -0.15) is 10.2 Å². The monoisotopic (exact) mass is 228 g/mol. The number of aryl methyl sites for hydroxylation is 2. The molecule has 0 saturated carbocycles. The van der Waals surface area contributed by atoms with Crippen LogP contribution in [0.1, 0.15) is 11.4 Å². The summed E-state index contributed by atoms with van der Waals surface area (Å²) in [5.41, 5.74) is 2.07. The van der Waals surface area contributed by atoms with Crippen LogP contribution in [0.15, 0.2) is 24.5 Å². The van der Waals surface area contributed by atoms with Crippen molar-refractivity contribution in [3.05, 3.63) is 35.9 Å². The summed E-state index contributed by atoms with van der Waals surface area (Å²) in [6.07, 6.45) is 3.60. The molecule has 0 amide bonds. The van der Waals surface area contributed by atoms with E-state index in [2.05, 4.69) is 20.4 Å². The van der Waals surface area contributed by atoms with Gasteiger partial charge in [0.2, 0.25) is 0 Å². The van der Waals surface area contributed by atoms with Gasteiger partial charge in [0, 0.05) is 31.9 Å². The van der Waals surface area contributed by atoms with Gasteiger partial charge in [-0.3, -0.25) is 10.2 Å². The molecule has 4 nitrogen and oxygen atoms in total. The predicted octanol–water partition coefficient (Wildman–Crippen LogP) is 1.43. The Morgan fingerprint density at radius 2 is 1.31 bits per heavy atom. The van der Waals surface area contributed by atoms with E-state index in [9.17, 15) is 0 Å². The third-order valence-electron chi connectivity index (χ3n) is 1.28. The van der Waals surface area contributed by atoms with E-state index in [1.165, 1.54) is 0 Å². The molecule has 0 aliphatic carbocycles. The van der Waals surface area contributed by atoms with Crippen LogP contribution in [-0.2, 0) is 19.5 Å². The Kier molecular flexibility index (Phi) is 6.07. The third kappa shape index (κ3) is 5.31. The van der Waals surface area contributed by atoms with Crippen molar-refractivity contribution in [1.82, 2.24) is 20.4 Å². The van der Waals surface area contributed by atoms with Crippen LogP contribution >= 0.6 is 0 Å². The van der Waals surface area contributed by atoms with Crippen LogP contribution in [0.3, 0.4) is 0 Å². The SMILES string of the molecule is Cc1cc[nH]n1.Cc1cc[nH]n1.[Zn]. The van der Waals surface area contributed by atoms with Gasteiger partial charge >= 0.3 is 0 Å². The van der Waals surface area contributed by atoms with Gasteiger partial charge in [0.1, 0.15) is 0 Å². The van der Waals surface area contributed by atoms with Gasteiger partial charge in [-0.25, -0.2) is 0 Å². The molecule has 0 bridgehead atoms. The van der Waals surface area contributed by atoms with Gasteiger partial charge in [0.25, 0.3) is 0 Å². The fourth-order valence-electron chi connectivity index (χ4n) is 0.668. The number of hydrogen-bond acceptors (Lipinski definition) is 2. The normalized spacial score (nSPS) is 8.15. The molecular formula is C8H12N4Zn. The first-order valence-electron chi connectivity index (χ1n) is 3.72. The Morgan fingerprint density at radius 3 is 1.38 bits per heavy atom. The summed E-state index contributed by atoms with van der Waals surface area (Å²) < 4.78 is 0. The van der Waals surface area contributed by atoms with E-state index >= 15 is 0 Å². The van der Waals surface area contributed by atoms with Crippen LogP contribution in [0.2, 0.25) is 0 Å². The Balaban J connectivity index is 0.000000206. The maximum Gasteiger partial charge on any atom is 0.0591 e. The van der Waals surface area contributed by atoms with Crippen LogP contribution < -0.4 is 0 Å². The number of H-pyrrole nitrogens is 2. The van der Waals surface area contributed by atoms with Crippen molar-refractivity contribution in [2.24, 2.45) is 0 Å². The topological polar surface area (TPSA) is 57.4 Å². The molecule has 2 aromatic heterocycles. The maximum absolute atomic E-state index is 3.79. The fourth-order valence-corrected chi connectivity index (χ4v) is 0.668. The van der Waals surface area contributed by atoms with Crippen molar-refractivity contribution in [3.8, 4) is 0 Å². The molecule has 0 fully saturated rings. The number of aromatic amines is 2. The molecule has 0 aliphatic rings. The number of rotatable bonds is 0. The van der Waals surface area contributed by atoms with Crippen molar-refractivity contribution in [1.29, 1.82) is 0 Å². The molecular weight excluding hydrogens is 218 g/mol. The molecule has 0 radical (unpaired) electrons. The van der Waals surface area contributed by atoms with Crippen LogP contribution in [0, 0.1) is 13.8 Å². The second-order valence-corrected chi connectivity index (χ2v) is 2.43. The first-order chi connectivity index (χ1) is 5.79. The predicted molar refractivity (Wildman–Crippen MR) is 46.6 cm³/mol.